The Balaban J connectivity index is 1.37. The van der Waals surface area contributed by atoms with Crippen molar-refractivity contribution in [1.29, 1.82) is 0 Å². The number of rotatable bonds is 7. The van der Waals surface area contributed by atoms with Crippen LogP contribution in [-0.2, 0) is 22.0 Å². The minimum atomic E-state index is -3.18. The minimum Gasteiger partial charge on any atom is -0.454 e. The van der Waals surface area contributed by atoms with Crippen molar-refractivity contribution in [3.8, 4) is 17.2 Å². The molecule has 2 N–H and O–H groups in total. The molecule has 7 nitrogen and oxygen atoms in total. The van der Waals surface area contributed by atoms with Gasteiger partial charge in [-0.1, -0.05) is 24.3 Å². The summed E-state index contributed by atoms with van der Waals surface area (Å²) in [6, 6.07) is 15.2. The number of fused-ring (bicyclic) bond motifs is 1. The van der Waals surface area contributed by atoms with Crippen molar-refractivity contribution in [2.75, 3.05) is 12.0 Å². The number of benzene rings is 3. The summed E-state index contributed by atoms with van der Waals surface area (Å²) < 4.78 is 44.8. The molecule has 0 saturated heterocycles. The summed E-state index contributed by atoms with van der Waals surface area (Å²) in [6.45, 7) is 3.69. The molecule has 0 saturated carbocycles. The zero-order chi connectivity index (χ0) is 27.2. The van der Waals surface area contributed by atoms with Crippen LogP contribution in [0, 0.1) is 19.7 Å². The van der Waals surface area contributed by atoms with Gasteiger partial charge in [0.15, 0.2) is 27.2 Å². The molecule has 0 aliphatic heterocycles. The maximum atomic E-state index is 14.0. The number of nitrogen functional groups attached to an aromatic ring is 1. The molecule has 1 aliphatic carbocycles. The number of halogens is 1. The highest BCUT2D eigenvalue weighted by molar-refractivity contribution is 7.89. The number of aryl methyl sites for hydroxylation is 2. The third kappa shape index (κ3) is 4.97. The van der Waals surface area contributed by atoms with Crippen molar-refractivity contribution >= 4 is 27.5 Å². The Bertz CT molecular complexity index is 1740. The number of allylic oxidation sites excluding steroid dienone is 1. The van der Waals surface area contributed by atoms with Crippen LogP contribution in [0.4, 0.5) is 10.2 Å². The van der Waals surface area contributed by atoms with Crippen LogP contribution in [-0.4, -0.2) is 30.2 Å². The normalized spacial score (nSPS) is 12.8. The summed E-state index contributed by atoms with van der Waals surface area (Å²) in [5.41, 5.74) is 12.0. The Morgan fingerprint density at radius 3 is 2.55 bits per heavy atom. The van der Waals surface area contributed by atoms with Gasteiger partial charge in [-0.2, -0.15) is 5.10 Å². The molecular weight excluding hydrogens is 505 g/mol. The van der Waals surface area contributed by atoms with Crippen molar-refractivity contribution < 1.29 is 22.3 Å². The van der Waals surface area contributed by atoms with E-state index in [-0.39, 0.29) is 28.7 Å². The first-order chi connectivity index (χ1) is 18.0. The number of Topliss-reactive ketones (excluding diaryl/α,β-unsaturated/α-hetero) is 1. The number of aromatic nitrogens is 2. The van der Waals surface area contributed by atoms with E-state index < -0.39 is 15.7 Å². The molecule has 0 atom stereocenters. The number of sulfone groups is 1. The zero-order valence-corrected chi connectivity index (χ0v) is 22.0. The molecule has 1 aliphatic rings. The Morgan fingerprint density at radius 2 is 1.84 bits per heavy atom. The molecule has 0 unspecified atom stereocenters. The summed E-state index contributed by atoms with van der Waals surface area (Å²) in [5.74, 6) is 0.0743. The van der Waals surface area contributed by atoms with Crippen molar-refractivity contribution in [3.63, 3.8) is 0 Å². The van der Waals surface area contributed by atoms with Gasteiger partial charge in [0.2, 0.25) is 0 Å². The van der Waals surface area contributed by atoms with E-state index in [4.69, 9.17) is 10.5 Å². The van der Waals surface area contributed by atoms with E-state index in [0.29, 0.717) is 23.4 Å². The molecule has 0 radical (unpaired) electrons. The number of ether oxygens (including phenoxy) is 1. The smallest absolute Gasteiger partial charge is 0.194 e. The molecule has 1 aromatic heterocycles. The second kappa shape index (κ2) is 9.57. The fraction of sp³-hybridized carbons (Fsp3) is 0.172. The Kier molecular flexibility index (Phi) is 6.40. The maximum absolute atomic E-state index is 14.0. The molecule has 0 spiro atoms. The van der Waals surface area contributed by atoms with Gasteiger partial charge in [0, 0.05) is 18.2 Å². The van der Waals surface area contributed by atoms with Crippen LogP contribution in [0.1, 0.15) is 38.2 Å². The number of hydrogen-bond acceptors (Lipinski definition) is 6. The number of anilines is 1. The first-order valence-electron chi connectivity index (χ1n) is 11.9. The van der Waals surface area contributed by atoms with E-state index in [1.54, 1.807) is 36.4 Å². The molecule has 1 heterocycles. The third-order valence-corrected chi connectivity index (χ3v) is 7.36. The van der Waals surface area contributed by atoms with Crippen LogP contribution in [0.3, 0.4) is 0 Å². The average Bonchev–Trinajstić information content (AvgIpc) is 3.43. The molecule has 5 rings (SSSR count). The maximum Gasteiger partial charge on any atom is 0.194 e. The number of ketones is 1. The Morgan fingerprint density at radius 1 is 1.08 bits per heavy atom. The summed E-state index contributed by atoms with van der Waals surface area (Å²) >= 11 is 0. The lowest BCUT2D eigenvalue weighted by Gasteiger charge is -2.12. The predicted molar refractivity (Wildman–Crippen MR) is 145 cm³/mol. The van der Waals surface area contributed by atoms with Crippen molar-refractivity contribution in [2.24, 2.45) is 0 Å². The lowest BCUT2D eigenvalue weighted by atomic mass is 10.0. The third-order valence-electron chi connectivity index (χ3n) is 6.53. The second-order valence-corrected chi connectivity index (χ2v) is 11.7. The van der Waals surface area contributed by atoms with Gasteiger partial charge in [-0.05, 0) is 78.1 Å². The van der Waals surface area contributed by atoms with Gasteiger partial charge in [-0.3, -0.25) is 4.79 Å². The molecule has 194 valence electrons. The fourth-order valence-electron chi connectivity index (χ4n) is 4.58. The second-order valence-electron chi connectivity index (χ2n) is 9.56. The topological polar surface area (TPSA) is 104 Å². The molecule has 0 bridgehead atoms. The number of nitrogens with two attached hydrogens (primary N) is 1. The molecular formula is C29H26FN3O4S. The van der Waals surface area contributed by atoms with Crippen LogP contribution in [0.2, 0.25) is 0 Å². The lowest BCUT2D eigenvalue weighted by Crippen LogP contribution is -2.08. The number of carbonyl (C=O) groups is 1. The zero-order valence-electron chi connectivity index (χ0n) is 21.2. The summed E-state index contributed by atoms with van der Waals surface area (Å²) in [5, 5.41) is 4.34. The largest absolute Gasteiger partial charge is 0.454 e. The van der Waals surface area contributed by atoms with Gasteiger partial charge in [-0.25, -0.2) is 17.5 Å². The highest BCUT2D eigenvalue weighted by atomic mass is 32.2. The number of carbonyl (C=O) groups excluding carboxylic acids is 1. The van der Waals surface area contributed by atoms with Crippen molar-refractivity contribution in [3.05, 3.63) is 106 Å². The van der Waals surface area contributed by atoms with Crippen LogP contribution in [0.25, 0.3) is 11.8 Å². The molecule has 4 aromatic rings. The van der Waals surface area contributed by atoms with E-state index in [1.807, 2.05) is 32.1 Å². The van der Waals surface area contributed by atoms with Gasteiger partial charge in [0.05, 0.1) is 23.2 Å². The first kappa shape index (κ1) is 25.4. The van der Waals surface area contributed by atoms with Crippen LogP contribution in [0.15, 0.2) is 66.4 Å². The van der Waals surface area contributed by atoms with Gasteiger partial charge in [0.1, 0.15) is 11.6 Å². The molecule has 9 heteroatoms. The molecule has 38 heavy (non-hydrogen) atoms. The predicted octanol–water partition coefficient (Wildman–Crippen LogP) is 5.37. The van der Waals surface area contributed by atoms with E-state index in [1.165, 1.54) is 23.2 Å². The quantitative estimate of drug-likeness (QED) is 0.322. The Hall–Kier alpha value is -4.24. The average molecular weight is 532 g/mol. The van der Waals surface area contributed by atoms with E-state index >= 15 is 0 Å². The van der Waals surface area contributed by atoms with E-state index in [2.05, 4.69) is 5.10 Å². The van der Waals surface area contributed by atoms with E-state index in [9.17, 15) is 17.6 Å². The SMILES string of the molecule is Cc1cc2c(cc1CS(C)(=O)=O)CC(C(=O)c1cnn(-c3ccc(Oc4ccccc4F)c(C)c3)c1N)=C2. The monoisotopic (exact) mass is 531 g/mol. The first-order valence-corrected chi connectivity index (χ1v) is 14.0. The number of hydrogen-bond donors (Lipinski definition) is 1. The standard InChI is InChI=1S/C29H26FN3O4S/c1-17-10-19-12-21(13-20(19)14-22(17)16-38(3,35)36)28(34)24-15-32-33(29(24)31)23-8-9-26(18(2)11-23)37-27-7-5-4-6-25(27)30/h4-12,14-15H,13,16,31H2,1-3H3. The van der Waals surface area contributed by atoms with Gasteiger partial charge in [-0.15, -0.1) is 0 Å². The molecule has 0 amide bonds. The van der Waals surface area contributed by atoms with E-state index in [0.717, 1.165) is 27.8 Å². The number of nitrogens with zero attached hydrogens (tertiary/aromatic N) is 2. The van der Waals surface area contributed by atoms with Crippen LogP contribution in [0.5, 0.6) is 11.5 Å². The summed E-state index contributed by atoms with van der Waals surface area (Å²) in [6.07, 6.45) is 4.86. The van der Waals surface area contributed by atoms with Crippen molar-refractivity contribution in [1.82, 2.24) is 9.78 Å². The highest BCUT2D eigenvalue weighted by Crippen LogP contribution is 2.33. The molecule has 3 aromatic carbocycles. The van der Waals surface area contributed by atoms with Crippen molar-refractivity contribution in [2.45, 2.75) is 26.0 Å². The Labute approximate surface area is 220 Å². The molecule has 0 fully saturated rings. The van der Waals surface area contributed by atoms with Gasteiger partial charge >= 0.3 is 0 Å². The summed E-state index contributed by atoms with van der Waals surface area (Å²) in [7, 11) is -3.18. The number of para-hydroxylation sites is 1. The fourth-order valence-corrected chi connectivity index (χ4v) is 5.45. The van der Waals surface area contributed by atoms with Gasteiger partial charge < -0.3 is 10.5 Å². The summed E-state index contributed by atoms with van der Waals surface area (Å²) in [4.78, 5) is 13.4. The highest BCUT2D eigenvalue weighted by Gasteiger charge is 2.25. The lowest BCUT2D eigenvalue weighted by molar-refractivity contribution is 0.103. The van der Waals surface area contributed by atoms with Crippen LogP contribution >= 0.6 is 0 Å². The van der Waals surface area contributed by atoms with Gasteiger partial charge in [0.25, 0.3) is 0 Å². The van der Waals surface area contributed by atoms with Crippen LogP contribution < -0.4 is 10.5 Å². The minimum absolute atomic E-state index is 0.0430.